The van der Waals surface area contributed by atoms with Crippen molar-refractivity contribution in [1.82, 2.24) is 14.9 Å². The zero-order valence-electron chi connectivity index (χ0n) is 15.2. The fourth-order valence-electron chi connectivity index (χ4n) is 2.77. The number of benzene rings is 1. The number of hydrogen-bond donors (Lipinski definition) is 2. The molecule has 0 atom stereocenters. The van der Waals surface area contributed by atoms with E-state index < -0.39 is 15.9 Å². The fourth-order valence-corrected chi connectivity index (χ4v) is 3.73. The van der Waals surface area contributed by atoms with Gasteiger partial charge in [0, 0.05) is 25.0 Å². The number of ether oxygens (including phenoxy) is 2. The van der Waals surface area contributed by atoms with Crippen LogP contribution in [0.1, 0.15) is 5.56 Å². The molecule has 1 aliphatic rings. The molecule has 0 saturated carbocycles. The van der Waals surface area contributed by atoms with Gasteiger partial charge in [0.1, 0.15) is 0 Å². The molecule has 1 aromatic carbocycles. The lowest BCUT2D eigenvalue weighted by molar-refractivity contribution is -0.116. The summed E-state index contributed by atoms with van der Waals surface area (Å²) in [6, 6.07) is 10.4. The quantitative estimate of drug-likeness (QED) is 0.569. The minimum absolute atomic E-state index is 0.0193. The van der Waals surface area contributed by atoms with Gasteiger partial charge in [0.2, 0.25) is 22.7 Å². The van der Waals surface area contributed by atoms with E-state index in [-0.39, 0.29) is 19.1 Å². The van der Waals surface area contributed by atoms with Crippen LogP contribution in [0.4, 0.5) is 5.69 Å². The van der Waals surface area contributed by atoms with E-state index in [1.807, 2.05) is 0 Å². The molecule has 9 nitrogen and oxygen atoms in total. The summed E-state index contributed by atoms with van der Waals surface area (Å²) in [6.45, 7) is 0.163. The first-order chi connectivity index (χ1) is 14.0. The van der Waals surface area contributed by atoms with Crippen molar-refractivity contribution in [2.75, 3.05) is 23.8 Å². The SMILES string of the molecule is O=C(/C=C/c1ccc2c(c1)OCO2)NCCS(=O)(=O)Nc1ccn2nccc2c1. The van der Waals surface area contributed by atoms with Gasteiger partial charge in [-0.1, -0.05) is 6.07 Å². The molecule has 0 fully saturated rings. The molecule has 150 valence electrons. The number of nitrogens with one attached hydrogen (secondary N) is 2. The van der Waals surface area contributed by atoms with Crippen molar-refractivity contribution in [2.45, 2.75) is 0 Å². The van der Waals surface area contributed by atoms with Gasteiger partial charge in [-0.05, 0) is 42.0 Å². The van der Waals surface area contributed by atoms with Crippen LogP contribution in [0.2, 0.25) is 0 Å². The van der Waals surface area contributed by atoms with Crippen molar-refractivity contribution in [3.63, 3.8) is 0 Å². The molecule has 29 heavy (non-hydrogen) atoms. The average Bonchev–Trinajstić information content (AvgIpc) is 3.34. The molecule has 1 aliphatic heterocycles. The van der Waals surface area contributed by atoms with Gasteiger partial charge in [-0.2, -0.15) is 5.10 Å². The van der Waals surface area contributed by atoms with E-state index in [0.717, 1.165) is 11.1 Å². The largest absolute Gasteiger partial charge is 0.454 e. The molecular weight excluding hydrogens is 396 g/mol. The van der Waals surface area contributed by atoms with Crippen molar-refractivity contribution in [1.29, 1.82) is 0 Å². The Hall–Kier alpha value is -3.53. The first-order valence-electron chi connectivity index (χ1n) is 8.78. The Kier molecular flexibility index (Phi) is 5.09. The van der Waals surface area contributed by atoms with Gasteiger partial charge < -0.3 is 14.8 Å². The van der Waals surface area contributed by atoms with Crippen molar-refractivity contribution in [3.8, 4) is 11.5 Å². The van der Waals surface area contributed by atoms with Crippen LogP contribution in [0, 0.1) is 0 Å². The van der Waals surface area contributed by atoms with Crippen LogP contribution in [-0.4, -0.2) is 43.0 Å². The fraction of sp³-hybridized carbons (Fsp3) is 0.158. The zero-order valence-corrected chi connectivity index (χ0v) is 16.1. The number of nitrogens with zero attached hydrogens (tertiary/aromatic N) is 2. The Balaban J connectivity index is 1.27. The first kappa shape index (κ1) is 18.8. The van der Waals surface area contributed by atoms with E-state index in [1.54, 1.807) is 59.4 Å². The molecule has 0 radical (unpaired) electrons. The summed E-state index contributed by atoms with van der Waals surface area (Å²) in [7, 11) is -3.60. The smallest absolute Gasteiger partial charge is 0.244 e. The van der Waals surface area contributed by atoms with Crippen LogP contribution in [0.25, 0.3) is 11.6 Å². The average molecular weight is 414 g/mol. The molecule has 2 N–H and O–H groups in total. The van der Waals surface area contributed by atoms with Gasteiger partial charge in [-0.3, -0.25) is 9.52 Å². The van der Waals surface area contributed by atoms with Crippen molar-refractivity contribution in [2.24, 2.45) is 0 Å². The maximum absolute atomic E-state index is 12.2. The summed E-state index contributed by atoms with van der Waals surface area (Å²) in [4.78, 5) is 11.9. The molecule has 0 aliphatic carbocycles. The molecule has 1 amide bonds. The number of amides is 1. The molecule has 2 aromatic heterocycles. The van der Waals surface area contributed by atoms with E-state index >= 15 is 0 Å². The number of hydrogen-bond acceptors (Lipinski definition) is 6. The molecule has 3 heterocycles. The van der Waals surface area contributed by atoms with Gasteiger partial charge in [-0.25, -0.2) is 12.9 Å². The van der Waals surface area contributed by atoms with Crippen LogP contribution in [0.5, 0.6) is 11.5 Å². The van der Waals surface area contributed by atoms with Gasteiger partial charge in [0.15, 0.2) is 11.5 Å². The highest BCUT2D eigenvalue weighted by atomic mass is 32.2. The molecule has 0 unspecified atom stereocenters. The minimum atomic E-state index is -3.60. The van der Waals surface area contributed by atoms with E-state index in [9.17, 15) is 13.2 Å². The Morgan fingerprint density at radius 2 is 2.03 bits per heavy atom. The van der Waals surface area contributed by atoms with Crippen LogP contribution in [-0.2, 0) is 14.8 Å². The van der Waals surface area contributed by atoms with Gasteiger partial charge in [-0.15, -0.1) is 0 Å². The topological polar surface area (TPSA) is 111 Å². The normalized spacial score (nSPS) is 13.1. The van der Waals surface area contributed by atoms with Crippen LogP contribution >= 0.6 is 0 Å². The monoisotopic (exact) mass is 414 g/mol. The maximum atomic E-state index is 12.2. The zero-order chi connectivity index (χ0) is 20.3. The third kappa shape index (κ3) is 4.66. The number of rotatable bonds is 7. The summed E-state index contributed by atoms with van der Waals surface area (Å²) >= 11 is 0. The van der Waals surface area contributed by atoms with Crippen LogP contribution < -0.4 is 19.5 Å². The maximum Gasteiger partial charge on any atom is 0.244 e. The van der Waals surface area contributed by atoms with Crippen molar-refractivity contribution < 1.29 is 22.7 Å². The second-order valence-electron chi connectivity index (χ2n) is 6.27. The molecule has 0 bridgehead atoms. The highest BCUT2D eigenvalue weighted by Gasteiger charge is 2.13. The van der Waals surface area contributed by atoms with Crippen LogP contribution in [0.15, 0.2) is 54.9 Å². The lowest BCUT2D eigenvalue weighted by atomic mass is 10.2. The number of anilines is 1. The summed E-state index contributed by atoms with van der Waals surface area (Å²) in [5.41, 5.74) is 1.98. The van der Waals surface area contributed by atoms with Gasteiger partial charge in [0.05, 0.1) is 17.0 Å². The predicted octanol–water partition coefficient (Wildman–Crippen LogP) is 1.63. The van der Waals surface area contributed by atoms with Crippen LogP contribution in [0.3, 0.4) is 0 Å². The second-order valence-corrected chi connectivity index (χ2v) is 8.12. The third-order valence-corrected chi connectivity index (χ3v) is 5.46. The number of carbonyl (C=O) groups excluding carboxylic acids is 1. The summed E-state index contributed by atoms with van der Waals surface area (Å²) in [5.74, 6) is 0.648. The molecular formula is C19H18N4O5S. The molecule has 0 saturated heterocycles. The number of sulfonamides is 1. The van der Waals surface area contributed by atoms with Gasteiger partial charge in [0.25, 0.3) is 0 Å². The summed E-state index contributed by atoms with van der Waals surface area (Å²) < 4.78 is 39.1. The Morgan fingerprint density at radius 3 is 2.93 bits per heavy atom. The van der Waals surface area contributed by atoms with Crippen molar-refractivity contribution in [3.05, 3.63) is 60.4 Å². The lowest BCUT2D eigenvalue weighted by Gasteiger charge is -2.08. The number of carbonyl (C=O) groups is 1. The van der Waals surface area contributed by atoms with E-state index in [2.05, 4.69) is 15.1 Å². The molecule has 4 rings (SSSR count). The van der Waals surface area contributed by atoms with Crippen molar-refractivity contribution >= 4 is 33.2 Å². The highest BCUT2D eigenvalue weighted by Crippen LogP contribution is 2.32. The number of aromatic nitrogens is 2. The second kappa shape index (κ2) is 7.84. The predicted molar refractivity (Wildman–Crippen MR) is 107 cm³/mol. The lowest BCUT2D eigenvalue weighted by Crippen LogP contribution is -2.30. The molecule has 10 heteroatoms. The first-order valence-corrected chi connectivity index (χ1v) is 10.4. The standard InChI is InChI=1S/C19H18N4O5S/c24-19(4-2-14-1-3-17-18(11-14)28-13-27-17)20-8-10-29(25,26)22-15-6-9-23-16(12-15)5-7-21-23/h1-7,9,11-12,22H,8,10,13H2,(H,20,24)/b4-2+. The van der Waals surface area contributed by atoms with Gasteiger partial charge >= 0.3 is 0 Å². The summed E-state index contributed by atoms with van der Waals surface area (Å²) in [6.07, 6.45) is 6.24. The molecule has 0 spiro atoms. The van der Waals surface area contributed by atoms with E-state index in [1.165, 1.54) is 6.08 Å². The Labute approximate surface area is 167 Å². The Morgan fingerprint density at radius 1 is 1.17 bits per heavy atom. The summed E-state index contributed by atoms with van der Waals surface area (Å²) in [5, 5.41) is 6.61. The van der Waals surface area contributed by atoms with E-state index in [4.69, 9.17) is 9.47 Å². The number of fused-ring (bicyclic) bond motifs is 2. The number of pyridine rings is 1. The molecule has 3 aromatic rings. The minimum Gasteiger partial charge on any atom is -0.454 e. The Bertz CT molecular complexity index is 1190. The van der Waals surface area contributed by atoms with E-state index in [0.29, 0.717) is 17.2 Å². The third-order valence-electron chi connectivity index (χ3n) is 4.17. The highest BCUT2D eigenvalue weighted by molar-refractivity contribution is 7.92.